The molecular weight excluding hydrogens is 405 g/mol. The summed E-state index contributed by atoms with van der Waals surface area (Å²) in [5.74, 6) is 0.662. The summed E-state index contributed by atoms with van der Waals surface area (Å²) >= 11 is 0. The summed E-state index contributed by atoms with van der Waals surface area (Å²) in [4.78, 5) is 31.2. The minimum atomic E-state index is -0.433. The first kappa shape index (κ1) is 20.5. The van der Waals surface area contributed by atoms with E-state index >= 15 is 0 Å². The van der Waals surface area contributed by atoms with Gasteiger partial charge in [0, 0.05) is 48.2 Å². The zero-order valence-corrected chi connectivity index (χ0v) is 18.5. The maximum absolute atomic E-state index is 14.9. The molecule has 0 N–H and O–H groups in total. The molecule has 2 fully saturated rings. The van der Waals surface area contributed by atoms with Crippen LogP contribution < -0.4 is 4.90 Å². The third-order valence-electron chi connectivity index (χ3n) is 6.46. The molecule has 0 bridgehead atoms. The van der Waals surface area contributed by atoms with E-state index < -0.39 is 5.82 Å². The Balaban J connectivity index is 1.42. The number of fused-ring (bicyclic) bond motifs is 1. The van der Waals surface area contributed by atoms with Gasteiger partial charge in [0.05, 0.1) is 17.3 Å². The lowest BCUT2D eigenvalue weighted by Gasteiger charge is -2.53. The first-order valence-electron chi connectivity index (χ1n) is 11.0. The van der Waals surface area contributed by atoms with Crippen LogP contribution in [0.5, 0.6) is 0 Å². The highest BCUT2D eigenvalue weighted by Gasteiger charge is 2.45. The Morgan fingerprint density at radius 1 is 0.969 bits per heavy atom. The standard InChI is InChI=1S/C25H26FN5O/c1-15-6-4-9-21(27-15)23-19(7-5-8-20(23)26)24(32)30-11-10-18-13-31(22(18)14-30)25-28-16(2)12-17(3)29-25/h4-9,12,18,22H,10-11,13-14H2,1-3H3/t18-,22-/m0/s1. The van der Waals surface area contributed by atoms with Crippen molar-refractivity contribution >= 4 is 11.9 Å². The summed E-state index contributed by atoms with van der Waals surface area (Å²) in [6.07, 6.45) is 0.922. The molecule has 0 saturated carbocycles. The molecule has 32 heavy (non-hydrogen) atoms. The number of pyridine rings is 1. The Labute approximate surface area is 187 Å². The van der Waals surface area contributed by atoms with Crippen LogP contribution in [-0.2, 0) is 0 Å². The SMILES string of the molecule is Cc1cccc(-c2c(F)cccc2C(=O)N2CC[C@H]3CN(c4nc(C)cc(C)n4)[C@H]3C2)n1. The number of likely N-dealkylation sites (tertiary alicyclic amines) is 1. The summed E-state index contributed by atoms with van der Waals surface area (Å²) in [6, 6.07) is 12.3. The molecule has 164 valence electrons. The predicted molar refractivity (Wildman–Crippen MR) is 121 cm³/mol. The Morgan fingerprint density at radius 2 is 1.72 bits per heavy atom. The highest BCUT2D eigenvalue weighted by molar-refractivity contribution is 6.00. The molecule has 0 unspecified atom stereocenters. The van der Waals surface area contributed by atoms with Crippen LogP contribution >= 0.6 is 0 Å². The van der Waals surface area contributed by atoms with Crippen molar-refractivity contribution < 1.29 is 9.18 Å². The van der Waals surface area contributed by atoms with Crippen molar-refractivity contribution in [3.63, 3.8) is 0 Å². The number of amides is 1. The van der Waals surface area contributed by atoms with Crippen LogP contribution in [0.3, 0.4) is 0 Å². The number of anilines is 1. The second-order valence-electron chi connectivity index (χ2n) is 8.80. The molecule has 0 aliphatic carbocycles. The van der Waals surface area contributed by atoms with Crippen molar-refractivity contribution in [2.45, 2.75) is 33.2 Å². The van der Waals surface area contributed by atoms with Crippen LogP contribution in [0.1, 0.15) is 33.9 Å². The lowest BCUT2D eigenvalue weighted by atomic mass is 9.82. The van der Waals surface area contributed by atoms with Crippen molar-refractivity contribution in [1.82, 2.24) is 19.9 Å². The first-order chi connectivity index (χ1) is 15.4. The van der Waals surface area contributed by atoms with Gasteiger partial charge in [-0.3, -0.25) is 9.78 Å². The highest BCUT2D eigenvalue weighted by Crippen LogP contribution is 2.36. The van der Waals surface area contributed by atoms with Gasteiger partial charge in [-0.25, -0.2) is 14.4 Å². The second-order valence-corrected chi connectivity index (χ2v) is 8.80. The van der Waals surface area contributed by atoms with Crippen LogP contribution in [0.15, 0.2) is 42.5 Å². The minimum Gasteiger partial charge on any atom is -0.337 e. The monoisotopic (exact) mass is 431 g/mol. The zero-order valence-electron chi connectivity index (χ0n) is 18.5. The van der Waals surface area contributed by atoms with Crippen LogP contribution in [-0.4, -0.2) is 51.4 Å². The van der Waals surface area contributed by atoms with Crippen LogP contribution in [0.2, 0.25) is 0 Å². The van der Waals surface area contributed by atoms with E-state index in [1.54, 1.807) is 18.2 Å². The van der Waals surface area contributed by atoms with E-state index in [0.29, 0.717) is 30.3 Å². The van der Waals surface area contributed by atoms with Gasteiger partial charge < -0.3 is 9.80 Å². The Kier molecular flexibility index (Phi) is 5.12. The fourth-order valence-electron chi connectivity index (χ4n) is 4.86. The summed E-state index contributed by atoms with van der Waals surface area (Å²) in [6.45, 7) is 7.95. The third kappa shape index (κ3) is 3.61. The van der Waals surface area contributed by atoms with E-state index in [2.05, 4.69) is 19.9 Å². The molecular formula is C25H26FN5O. The van der Waals surface area contributed by atoms with E-state index in [-0.39, 0.29) is 17.5 Å². The molecule has 1 amide bonds. The van der Waals surface area contributed by atoms with Gasteiger partial charge in [0.2, 0.25) is 5.95 Å². The number of aromatic nitrogens is 3. The van der Waals surface area contributed by atoms with Crippen molar-refractivity contribution in [1.29, 1.82) is 0 Å². The lowest BCUT2D eigenvalue weighted by molar-refractivity contribution is 0.0589. The van der Waals surface area contributed by atoms with E-state index in [9.17, 15) is 9.18 Å². The summed E-state index contributed by atoms with van der Waals surface area (Å²) < 4.78 is 14.9. The maximum atomic E-state index is 14.9. The normalized spacial score (nSPS) is 20.0. The summed E-state index contributed by atoms with van der Waals surface area (Å²) in [5.41, 5.74) is 3.77. The molecule has 5 rings (SSSR count). The molecule has 2 aliphatic rings. The lowest BCUT2D eigenvalue weighted by Crippen LogP contribution is -2.65. The molecule has 2 aromatic heterocycles. The smallest absolute Gasteiger partial charge is 0.254 e. The number of carbonyl (C=O) groups excluding carboxylic acids is 1. The van der Waals surface area contributed by atoms with Gasteiger partial charge in [0.25, 0.3) is 5.91 Å². The average Bonchev–Trinajstić information content (AvgIpc) is 2.73. The van der Waals surface area contributed by atoms with Crippen molar-refractivity contribution in [3.8, 4) is 11.3 Å². The average molecular weight is 432 g/mol. The number of rotatable bonds is 3. The fourth-order valence-corrected chi connectivity index (χ4v) is 4.86. The van der Waals surface area contributed by atoms with Crippen molar-refractivity contribution in [2.75, 3.05) is 24.5 Å². The fraction of sp³-hybridized carbons (Fsp3) is 0.360. The van der Waals surface area contributed by atoms with Crippen molar-refractivity contribution in [2.24, 2.45) is 5.92 Å². The van der Waals surface area contributed by atoms with Crippen LogP contribution in [0.4, 0.5) is 10.3 Å². The first-order valence-corrected chi connectivity index (χ1v) is 11.0. The number of piperidine rings is 1. The predicted octanol–water partition coefficient (Wildman–Crippen LogP) is 3.95. The van der Waals surface area contributed by atoms with Gasteiger partial charge in [-0.05, 0) is 57.5 Å². The number of hydrogen-bond donors (Lipinski definition) is 0. The molecule has 2 atom stereocenters. The zero-order chi connectivity index (χ0) is 22.4. The van der Waals surface area contributed by atoms with E-state index in [0.717, 1.165) is 36.0 Å². The topological polar surface area (TPSA) is 62.2 Å². The van der Waals surface area contributed by atoms with Crippen LogP contribution in [0.25, 0.3) is 11.3 Å². The highest BCUT2D eigenvalue weighted by atomic mass is 19.1. The Hall–Kier alpha value is -3.35. The maximum Gasteiger partial charge on any atom is 0.254 e. The molecule has 0 spiro atoms. The van der Waals surface area contributed by atoms with Gasteiger partial charge in [0.1, 0.15) is 5.82 Å². The second kappa shape index (κ2) is 7.97. The largest absolute Gasteiger partial charge is 0.337 e. The molecule has 1 aromatic carbocycles. The number of nitrogens with zero attached hydrogens (tertiary/aromatic N) is 5. The van der Waals surface area contributed by atoms with Gasteiger partial charge in [-0.2, -0.15) is 0 Å². The van der Waals surface area contributed by atoms with Gasteiger partial charge in [-0.1, -0.05) is 12.1 Å². The Morgan fingerprint density at radius 3 is 2.47 bits per heavy atom. The van der Waals surface area contributed by atoms with Gasteiger partial charge in [-0.15, -0.1) is 0 Å². The molecule has 4 heterocycles. The molecule has 7 heteroatoms. The number of hydrogen-bond acceptors (Lipinski definition) is 5. The van der Waals surface area contributed by atoms with Crippen LogP contribution in [0, 0.1) is 32.5 Å². The molecule has 3 aromatic rings. The molecule has 0 radical (unpaired) electrons. The van der Waals surface area contributed by atoms with Gasteiger partial charge >= 0.3 is 0 Å². The van der Waals surface area contributed by atoms with E-state index in [1.807, 2.05) is 43.9 Å². The Bertz CT molecular complexity index is 1180. The number of aryl methyl sites for hydroxylation is 3. The summed E-state index contributed by atoms with van der Waals surface area (Å²) in [7, 11) is 0. The number of carbonyl (C=O) groups is 1. The van der Waals surface area contributed by atoms with E-state index in [4.69, 9.17) is 0 Å². The van der Waals surface area contributed by atoms with Gasteiger partial charge in [0.15, 0.2) is 0 Å². The van der Waals surface area contributed by atoms with E-state index in [1.165, 1.54) is 6.07 Å². The minimum absolute atomic E-state index is 0.158. The third-order valence-corrected chi connectivity index (χ3v) is 6.46. The molecule has 2 aliphatic heterocycles. The summed E-state index contributed by atoms with van der Waals surface area (Å²) in [5, 5.41) is 0. The quantitative estimate of drug-likeness (QED) is 0.628. The number of benzene rings is 1. The molecule has 2 saturated heterocycles. The molecule has 6 nitrogen and oxygen atoms in total. The van der Waals surface area contributed by atoms with Crippen molar-refractivity contribution in [3.05, 3.63) is 70.9 Å². The number of halogens is 1.